The van der Waals surface area contributed by atoms with Crippen molar-refractivity contribution in [3.63, 3.8) is 0 Å². The highest BCUT2D eigenvalue weighted by molar-refractivity contribution is 7.15. The van der Waals surface area contributed by atoms with Gasteiger partial charge in [-0.25, -0.2) is 9.97 Å². The fourth-order valence-electron chi connectivity index (χ4n) is 3.81. The average Bonchev–Trinajstić information content (AvgIpc) is 3.09. The second-order valence-electron chi connectivity index (χ2n) is 7.50. The van der Waals surface area contributed by atoms with Crippen molar-refractivity contribution in [1.29, 1.82) is 5.26 Å². The first-order chi connectivity index (χ1) is 13.1. The molecule has 27 heavy (non-hydrogen) atoms. The number of thiazole rings is 1. The van der Waals surface area contributed by atoms with Gasteiger partial charge in [0.25, 0.3) is 0 Å². The Hall–Kier alpha value is -2.46. The first-order valence-corrected chi connectivity index (χ1v) is 10.3. The number of hydrogen-bond acceptors (Lipinski definition) is 6. The third kappa shape index (κ3) is 3.96. The number of nitrogens with zero attached hydrogens (tertiary/aromatic N) is 4. The van der Waals surface area contributed by atoms with Crippen LogP contribution < -0.4 is 10.2 Å². The van der Waals surface area contributed by atoms with E-state index < -0.39 is 0 Å². The van der Waals surface area contributed by atoms with Crippen LogP contribution in [0.15, 0.2) is 18.3 Å². The SMILES string of the molecule is CC1CCc2nc(NC(=O)C3CCN(c4ccc(C#N)cn4)CC3)sc2C1. The lowest BCUT2D eigenvalue weighted by Crippen LogP contribution is -2.38. The molecule has 1 amide bonds. The van der Waals surface area contributed by atoms with Crippen molar-refractivity contribution in [1.82, 2.24) is 9.97 Å². The second kappa shape index (κ2) is 7.65. The number of aryl methyl sites for hydroxylation is 1. The molecule has 6 nitrogen and oxygen atoms in total. The van der Waals surface area contributed by atoms with E-state index in [0.717, 1.165) is 49.7 Å². The van der Waals surface area contributed by atoms with E-state index in [0.29, 0.717) is 11.5 Å². The predicted octanol–water partition coefficient (Wildman–Crippen LogP) is 3.39. The Morgan fingerprint density at radius 2 is 2.15 bits per heavy atom. The molecule has 1 fully saturated rings. The Labute approximate surface area is 163 Å². The number of fused-ring (bicyclic) bond motifs is 1. The van der Waals surface area contributed by atoms with Crippen molar-refractivity contribution >= 4 is 28.2 Å². The topological polar surface area (TPSA) is 81.9 Å². The summed E-state index contributed by atoms with van der Waals surface area (Å²) < 4.78 is 0. The minimum absolute atomic E-state index is 0.0134. The Kier molecular flexibility index (Phi) is 5.08. The molecule has 1 atom stereocenters. The van der Waals surface area contributed by atoms with E-state index in [4.69, 9.17) is 5.26 Å². The largest absolute Gasteiger partial charge is 0.357 e. The standard InChI is InChI=1S/C20H23N5OS/c1-13-2-4-16-17(10-13)27-20(23-16)24-19(26)15-6-8-25(9-7-15)18-5-3-14(11-21)12-22-18/h3,5,12-13,15H,2,4,6-10H2,1H3,(H,23,24,26). The van der Waals surface area contributed by atoms with Crippen LogP contribution in [0.25, 0.3) is 0 Å². The fraction of sp³-hybridized carbons (Fsp3) is 0.500. The third-order valence-electron chi connectivity index (χ3n) is 5.48. The molecule has 1 aliphatic carbocycles. The number of nitrogens with one attached hydrogen (secondary N) is 1. The van der Waals surface area contributed by atoms with E-state index >= 15 is 0 Å². The van der Waals surface area contributed by atoms with E-state index in [1.54, 1.807) is 23.6 Å². The van der Waals surface area contributed by atoms with E-state index in [9.17, 15) is 4.79 Å². The molecule has 0 saturated carbocycles. The quantitative estimate of drug-likeness (QED) is 0.881. The van der Waals surface area contributed by atoms with Crippen LogP contribution in [-0.4, -0.2) is 29.0 Å². The molecule has 2 aromatic heterocycles. The minimum atomic E-state index is 0.0134. The number of carbonyl (C=O) groups excluding carboxylic acids is 1. The number of amides is 1. The summed E-state index contributed by atoms with van der Waals surface area (Å²) in [5.74, 6) is 1.68. The molecule has 2 aromatic rings. The monoisotopic (exact) mass is 381 g/mol. The Morgan fingerprint density at radius 3 is 2.85 bits per heavy atom. The lowest BCUT2D eigenvalue weighted by atomic mass is 9.93. The first kappa shape index (κ1) is 17.9. The molecular weight excluding hydrogens is 358 g/mol. The molecule has 140 valence electrons. The minimum Gasteiger partial charge on any atom is -0.357 e. The van der Waals surface area contributed by atoms with Crippen LogP contribution in [0.4, 0.5) is 10.9 Å². The molecule has 2 aliphatic rings. The van der Waals surface area contributed by atoms with E-state index in [1.165, 1.54) is 17.0 Å². The number of hydrogen-bond donors (Lipinski definition) is 1. The van der Waals surface area contributed by atoms with Crippen LogP contribution in [0.2, 0.25) is 0 Å². The number of piperidine rings is 1. The zero-order chi connectivity index (χ0) is 18.8. The van der Waals surface area contributed by atoms with Gasteiger partial charge in [-0.05, 0) is 50.2 Å². The lowest BCUT2D eigenvalue weighted by Gasteiger charge is -2.31. The maximum absolute atomic E-state index is 12.7. The maximum Gasteiger partial charge on any atom is 0.229 e. The summed E-state index contributed by atoms with van der Waals surface area (Å²) in [5, 5.41) is 12.7. The van der Waals surface area contributed by atoms with Gasteiger partial charge in [-0.1, -0.05) is 6.92 Å². The summed E-state index contributed by atoms with van der Waals surface area (Å²) in [5.41, 5.74) is 1.74. The molecule has 0 radical (unpaired) electrons. The summed E-state index contributed by atoms with van der Waals surface area (Å²) in [7, 11) is 0. The van der Waals surface area contributed by atoms with Crippen molar-refractivity contribution in [3.05, 3.63) is 34.5 Å². The summed E-state index contributed by atoms with van der Waals surface area (Å²) >= 11 is 1.64. The molecule has 0 spiro atoms. The van der Waals surface area contributed by atoms with Crippen molar-refractivity contribution < 1.29 is 4.79 Å². The molecule has 0 bridgehead atoms. The third-order valence-corrected chi connectivity index (χ3v) is 6.52. The summed E-state index contributed by atoms with van der Waals surface area (Å²) in [6.07, 6.45) is 6.49. The Balaban J connectivity index is 1.33. The number of nitriles is 1. The Morgan fingerprint density at radius 1 is 1.33 bits per heavy atom. The molecule has 1 saturated heterocycles. The number of pyridine rings is 1. The lowest BCUT2D eigenvalue weighted by molar-refractivity contribution is -0.120. The maximum atomic E-state index is 12.7. The fourth-order valence-corrected chi connectivity index (χ4v) is 4.98. The smallest absolute Gasteiger partial charge is 0.229 e. The normalized spacial score (nSPS) is 20.0. The summed E-state index contributed by atoms with van der Waals surface area (Å²) in [4.78, 5) is 25.2. The zero-order valence-electron chi connectivity index (χ0n) is 15.4. The van der Waals surface area contributed by atoms with Crippen LogP contribution >= 0.6 is 11.3 Å². The van der Waals surface area contributed by atoms with E-state index in [2.05, 4.69) is 33.2 Å². The number of aromatic nitrogens is 2. The predicted molar refractivity (Wildman–Crippen MR) is 106 cm³/mol. The van der Waals surface area contributed by atoms with Gasteiger partial charge in [0.1, 0.15) is 11.9 Å². The molecule has 1 N–H and O–H groups in total. The number of rotatable bonds is 3. The highest BCUT2D eigenvalue weighted by Gasteiger charge is 2.27. The van der Waals surface area contributed by atoms with Gasteiger partial charge in [-0.15, -0.1) is 11.3 Å². The Bertz CT molecular complexity index is 861. The van der Waals surface area contributed by atoms with Gasteiger partial charge >= 0.3 is 0 Å². The molecule has 0 aromatic carbocycles. The number of anilines is 2. The van der Waals surface area contributed by atoms with Gasteiger partial charge in [0, 0.05) is 30.1 Å². The van der Waals surface area contributed by atoms with Crippen molar-refractivity contribution in [2.45, 2.75) is 39.0 Å². The van der Waals surface area contributed by atoms with Gasteiger partial charge in [-0.3, -0.25) is 4.79 Å². The van der Waals surface area contributed by atoms with Gasteiger partial charge in [0.2, 0.25) is 5.91 Å². The number of carbonyl (C=O) groups is 1. The summed E-state index contributed by atoms with van der Waals surface area (Å²) in [6, 6.07) is 5.74. The van der Waals surface area contributed by atoms with Crippen LogP contribution in [0.5, 0.6) is 0 Å². The van der Waals surface area contributed by atoms with Crippen LogP contribution in [0, 0.1) is 23.2 Å². The van der Waals surface area contributed by atoms with Crippen LogP contribution in [-0.2, 0) is 17.6 Å². The van der Waals surface area contributed by atoms with Gasteiger partial charge < -0.3 is 10.2 Å². The van der Waals surface area contributed by atoms with E-state index in [-0.39, 0.29) is 11.8 Å². The molecule has 1 aliphatic heterocycles. The highest BCUT2D eigenvalue weighted by atomic mass is 32.1. The average molecular weight is 382 g/mol. The van der Waals surface area contributed by atoms with Crippen molar-refractivity contribution in [2.75, 3.05) is 23.3 Å². The van der Waals surface area contributed by atoms with Gasteiger partial charge in [0.15, 0.2) is 5.13 Å². The van der Waals surface area contributed by atoms with Crippen molar-refractivity contribution in [2.24, 2.45) is 11.8 Å². The molecule has 3 heterocycles. The van der Waals surface area contributed by atoms with Crippen LogP contribution in [0.1, 0.15) is 42.3 Å². The van der Waals surface area contributed by atoms with Gasteiger partial charge in [-0.2, -0.15) is 5.26 Å². The van der Waals surface area contributed by atoms with Crippen molar-refractivity contribution in [3.8, 4) is 6.07 Å². The summed E-state index contributed by atoms with van der Waals surface area (Å²) in [6.45, 7) is 3.86. The molecule has 7 heteroatoms. The molecular formula is C20H23N5OS. The zero-order valence-corrected chi connectivity index (χ0v) is 16.3. The first-order valence-electron chi connectivity index (χ1n) is 9.53. The highest BCUT2D eigenvalue weighted by Crippen LogP contribution is 2.32. The van der Waals surface area contributed by atoms with Gasteiger partial charge in [0.05, 0.1) is 11.3 Å². The van der Waals surface area contributed by atoms with E-state index in [1.807, 2.05) is 6.07 Å². The molecule has 4 rings (SSSR count). The molecule has 1 unspecified atom stereocenters. The van der Waals surface area contributed by atoms with Crippen LogP contribution in [0.3, 0.4) is 0 Å². The second-order valence-corrected chi connectivity index (χ2v) is 8.59.